The second kappa shape index (κ2) is 8.23. The van der Waals surface area contributed by atoms with Gasteiger partial charge in [-0.1, -0.05) is 17.3 Å². The van der Waals surface area contributed by atoms with Gasteiger partial charge >= 0.3 is 12.0 Å². The number of aromatic nitrogens is 4. The molecule has 11 nitrogen and oxygen atoms in total. The van der Waals surface area contributed by atoms with Gasteiger partial charge in [-0.25, -0.2) is 9.78 Å². The molecule has 1 fully saturated rings. The molecule has 0 aliphatic carbocycles. The Hall–Kier alpha value is -3.89. The Kier molecular flexibility index (Phi) is 5.33. The van der Waals surface area contributed by atoms with Crippen LogP contribution in [0.25, 0.3) is 11.3 Å². The van der Waals surface area contributed by atoms with Crippen molar-refractivity contribution in [2.75, 3.05) is 13.7 Å². The van der Waals surface area contributed by atoms with Gasteiger partial charge in [-0.15, -0.1) is 5.10 Å². The first kappa shape index (κ1) is 19.4. The smallest absolute Gasteiger partial charge is 0.407 e. The Bertz CT molecular complexity index is 1030. The number of likely N-dealkylation sites (tertiary alicyclic amines) is 1. The molecule has 2 aromatic heterocycles. The monoisotopic (exact) mass is 412 g/mol. The van der Waals surface area contributed by atoms with Crippen LogP contribution in [-0.4, -0.2) is 67.7 Å². The number of oxazole rings is 1. The lowest BCUT2D eigenvalue weighted by atomic mass is 10.1. The second-order valence-corrected chi connectivity index (χ2v) is 6.85. The van der Waals surface area contributed by atoms with Crippen LogP contribution in [0.15, 0.2) is 47.3 Å². The number of nitrogens with zero attached hydrogens (tertiary/aromatic N) is 5. The van der Waals surface area contributed by atoms with Gasteiger partial charge in [-0.3, -0.25) is 9.48 Å². The second-order valence-electron chi connectivity index (χ2n) is 6.85. The van der Waals surface area contributed by atoms with E-state index in [2.05, 4.69) is 20.6 Å². The van der Waals surface area contributed by atoms with Crippen LogP contribution in [0.1, 0.15) is 17.1 Å². The van der Waals surface area contributed by atoms with Gasteiger partial charge in [0.1, 0.15) is 5.75 Å². The summed E-state index contributed by atoms with van der Waals surface area (Å²) in [4.78, 5) is 29.5. The SMILES string of the molecule is COc1ccccc1-c1cnc(C(=O)N[C@@H]2C[C@@H](Cn3ccnn3)N(C(=O)O)C2)o1. The molecule has 3 heterocycles. The number of carboxylic acid groups (broad SMARTS) is 1. The van der Waals surface area contributed by atoms with E-state index >= 15 is 0 Å². The lowest BCUT2D eigenvalue weighted by Gasteiger charge is -2.20. The highest BCUT2D eigenvalue weighted by atomic mass is 16.5. The number of para-hydroxylation sites is 1. The van der Waals surface area contributed by atoms with E-state index < -0.39 is 12.0 Å². The number of benzene rings is 1. The van der Waals surface area contributed by atoms with Crippen LogP contribution in [0.5, 0.6) is 5.75 Å². The molecule has 4 rings (SSSR count). The maximum absolute atomic E-state index is 12.6. The quantitative estimate of drug-likeness (QED) is 0.622. The first-order valence-electron chi connectivity index (χ1n) is 9.29. The summed E-state index contributed by atoms with van der Waals surface area (Å²) in [7, 11) is 1.55. The number of amides is 2. The fourth-order valence-electron chi connectivity index (χ4n) is 3.57. The summed E-state index contributed by atoms with van der Waals surface area (Å²) >= 11 is 0. The third kappa shape index (κ3) is 3.95. The van der Waals surface area contributed by atoms with Crippen LogP contribution in [0, 0.1) is 0 Å². The van der Waals surface area contributed by atoms with Crippen molar-refractivity contribution in [1.29, 1.82) is 0 Å². The van der Waals surface area contributed by atoms with Gasteiger partial charge in [0.2, 0.25) is 0 Å². The van der Waals surface area contributed by atoms with Gasteiger partial charge < -0.3 is 24.5 Å². The highest BCUT2D eigenvalue weighted by Crippen LogP contribution is 2.30. The minimum absolute atomic E-state index is 0.0995. The average molecular weight is 412 g/mol. The van der Waals surface area contributed by atoms with Gasteiger partial charge in [0, 0.05) is 18.8 Å². The summed E-state index contributed by atoms with van der Waals surface area (Å²) < 4.78 is 12.5. The minimum atomic E-state index is -1.05. The predicted octanol–water partition coefficient (Wildman–Crippen LogP) is 1.49. The van der Waals surface area contributed by atoms with E-state index in [9.17, 15) is 14.7 Å². The van der Waals surface area contributed by atoms with Crippen molar-refractivity contribution in [3.63, 3.8) is 0 Å². The molecule has 1 aliphatic rings. The zero-order valence-electron chi connectivity index (χ0n) is 16.1. The van der Waals surface area contributed by atoms with Crippen molar-refractivity contribution in [2.45, 2.75) is 25.0 Å². The van der Waals surface area contributed by atoms with E-state index in [1.807, 2.05) is 12.1 Å². The molecule has 0 saturated carbocycles. The lowest BCUT2D eigenvalue weighted by Crippen LogP contribution is -2.39. The predicted molar refractivity (Wildman–Crippen MR) is 103 cm³/mol. The highest BCUT2D eigenvalue weighted by Gasteiger charge is 2.37. The molecular weight excluding hydrogens is 392 g/mol. The molecule has 0 bridgehead atoms. The Labute approximate surface area is 171 Å². The van der Waals surface area contributed by atoms with Crippen LogP contribution in [0.2, 0.25) is 0 Å². The molecule has 2 amide bonds. The number of hydrogen-bond donors (Lipinski definition) is 2. The Balaban J connectivity index is 1.44. The van der Waals surface area contributed by atoms with Gasteiger partial charge in [0.25, 0.3) is 5.89 Å². The molecule has 156 valence electrons. The molecule has 2 N–H and O–H groups in total. The molecule has 11 heteroatoms. The van der Waals surface area contributed by atoms with Crippen molar-refractivity contribution in [1.82, 2.24) is 30.2 Å². The maximum atomic E-state index is 12.6. The van der Waals surface area contributed by atoms with E-state index in [4.69, 9.17) is 9.15 Å². The zero-order chi connectivity index (χ0) is 21.1. The molecule has 0 unspecified atom stereocenters. The van der Waals surface area contributed by atoms with Gasteiger partial charge in [0.15, 0.2) is 5.76 Å². The topological polar surface area (TPSA) is 136 Å². The van der Waals surface area contributed by atoms with Crippen LogP contribution in [-0.2, 0) is 6.54 Å². The molecule has 2 atom stereocenters. The van der Waals surface area contributed by atoms with Crippen molar-refractivity contribution >= 4 is 12.0 Å². The van der Waals surface area contributed by atoms with Crippen LogP contribution < -0.4 is 10.1 Å². The Morgan fingerprint density at radius 1 is 1.37 bits per heavy atom. The van der Waals surface area contributed by atoms with Gasteiger partial charge in [0.05, 0.1) is 37.7 Å². The third-order valence-corrected chi connectivity index (χ3v) is 4.94. The Morgan fingerprint density at radius 3 is 2.93 bits per heavy atom. The molecule has 0 spiro atoms. The number of ether oxygens (including phenoxy) is 1. The minimum Gasteiger partial charge on any atom is -0.496 e. The highest BCUT2D eigenvalue weighted by molar-refractivity contribution is 5.90. The van der Waals surface area contributed by atoms with E-state index in [1.165, 1.54) is 17.3 Å². The fraction of sp³-hybridized carbons (Fsp3) is 0.316. The summed E-state index contributed by atoms with van der Waals surface area (Å²) in [5.41, 5.74) is 0.678. The van der Waals surface area contributed by atoms with Gasteiger partial charge in [-0.2, -0.15) is 0 Å². The molecule has 3 aromatic rings. The largest absolute Gasteiger partial charge is 0.496 e. The summed E-state index contributed by atoms with van der Waals surface area (Å²) in [5, 5.41) is 19.9. The van der Waals surface area contributed by atoms with Crippen molar-refractivity contribution < 1.29 is 23.8 Å². The summed E-state index contributed by atoms with van der Waals surface area (Å²) in [6, 6.07) is 6.54. The summed E-state index contributed by atoms with van der Waals surface area (Å²) in [5.74, 6) is 0.398. The molecular formula is C19H20N6O5. The van der Waals surface area contributed by atoms with E-state index in [-0.39, 0.29) is 24.5 Å². The van der Waals surface area contributed by atoms with E-state index in [0.29, 0.717) is 30.0 Å². The van der Waals surface area contributed by atoms with Gasteiger partial charge in [-0.05, 0) is 18.6 Å². The molecule has 1 aliphatic heterocycles. The summed E-state index contributed by atoms with van der Waals surface area (Å²) in [6.45, 7) is 0.524. The molecule has 1 saturated heterocycles. The zero-order valence-corrected chi connectivity index (χ0v) is 16.1. The van der Waals surface area contributed by atoms with Crippen LogP contribution in [0.3, 0.4) is 0 Å². The fourth-order valence-corrected chi connectivity index (χ4v) is 3.57. The maximum Gasteiger partial charge on any atom is 0.407 e. The van der Waals surface area contributed by atoms with Crippen molar-refractivity contribution in [3.8, 4) is 17.1 Å². The average Bonchev–Trinajstić information content (AvgIpc) is 3.49. The molecule has 0 radical (unpaired) electrons. The normalized spacial score (nSPS) is 18.4. The van der Waals surface area contributed by atoms with Crippen molar-refractivity contribution in [3.05, 3.63) is 48.7 Å². The first-order valence-corrected chi connectivity index (χ1v) is 9.29. The number of carbonyl (C=O) groups excluding carboxylic acids is 1. The first-order chi connectivity index (χ1) is 14.5. The Morgan fingerprint density at radius 2 is 2.20 bits per heavy atom. The van der Waals surface area contributed by atoms with E-state index in [1.54, 1.807) is 30.1 Å². The van der Waals surface area contributed by atoms with E-state index in [0.717, 1.165) is 0 Å². The number of rotatable bonds is 6. The number of nitrogens with one attached hydrogen (secondary N) is 1. The van der Waals surface area contributed by atoms with Crippen LogP contribution >= 0.6 is 0 Å². The lowest BCUT2D eigenvalue weighted by molar-refractivity contribution is 0.0901. The number of hydrogen-bond acceptors (Lipinski definition) is 7. The van der Waals surface area contributed by atoms with Crippen LogP contribution in [0.4, 0.5) is 4.79 Å². The number of carbonyl (C=O) groups is 2. The third-order valence-electron chi connectivity index (χ3n) is 4.94. The summed E-state index contributed by atoms with van der Waals surface area (Å²) in [6.07, 6.45) is 4.04. The number of methoxy groups -OCH3 is 1. The molecule has 30 heavy (non-hydrogen) atoms. The van der Waals surface area contributed by atoms with Crippen molar-refractivity contribution in [2.24, 2.45) is 0 Å². The molecule has 1 aromatic carbocycles. The standard InChI is InChI=1S/C19H20N6O5/c1-29-15-5-3-2-4-14(15)16-9-20-18(30-16)17(26)22-12-8-13(25(10-12)19(27)28)11-24-7-6-21-23-24/h2-7,9,12-13H,8,10-11H2,1H3,(H,22,26)(H,27,28)/t12-,13+/m1/s1.